The number of nitrogens with one attached hydrogen (secondary N) is 1. The van der Waals surface area contributed by atoms with Gasteiger partial charge in [0, 0.05) is 38.8 Å². The minimum absolute atomic E-state index is 0.0501. The number of carbonyl (C=O) groups is 3. The molecule has 0 aromatic heterocycles. The summed E-state index contributed by atoms with van der Waals surface area (Å²) in [7, 11) is 1.56. The van der Waals surface area contributed by atoms with Gasteiger partial charge in [-0.15, -0.1) is 0 Å². The van der Waals surface area contributed by atoms with Crippen molar-refractivity contribution in [1.82, 2.24) is 15.1 Å². The zero-order valence-corrected chi connectivity index (χ0v) is 18.0. The van der Waals surface area contributed by atoms with Crippen molar-refractivity contribution >= 4 is 17.7 Å². The molecule has 1 aliphatic carbocycles. The van der Waals surface area contributed by atoms with Gasteiger partial charge in [0.05, 0.1) is 0 Å². The van der Waals surface area contributed by atoms with Gasteiger partial charge in [0.2, 0.25) is 0 Å². The Morgan fingerprint density at radius 3 is 2.25 bits per heavy atom. The third-order valence-electron chi connectivity index (χ3n) is 5.92. The molecular weight excluding hydrogens is 410 g/mol. The normalized spacial score (nSPS) is 16.9. The minimum Gasteiger partial charge on any atom is -0.484 e. The molecule has 2 N–H and O–H groups in total. The van der Waals surface area contributed by atoms with Crippen LogP contribution in [0.4, 0.5) is 0 Å². The molecule has 1 heterocycles. The van der Waals surface area contributed by atoms with E-state index in [0.29, 0.717) is 50.3 Å². The second-order valence-electron chi connectivity index (χ2n) is 8.18. The molecule has 1 aliphatic heterocycles. The van der Waals surface area contributed by atoms with E-state index >= 15 is 0 Å². The average Bonchev–Trinajstić information content (AvgIpc) is 3.60. The zero-order valence-electron chi connectivity index (χ0n) is 18.0. The molecule has 2 fully saturated rings. The highest BCUT2D eigenvalue weighted by atomic mass is 16.5. The maximum Gasteiger partial charge on any atom is 0.257 e. The summed E-state index contributed by atoms with van der Waals surface area (Å²) in [5, 5.41) is 12.5. The number of amides is 3. The number of hydrogen-bond donors (Lipinski definition) is 2. The maximum absolute atomic E-state index is 12.9. The summed E-state index contributed by atoms with van der Waals surface area (Å²) < 4.78 is 5.50. The largest absolute Gasteiger partial charge is 0.484 e. The fraction of sp³-hybridized carbons (Fsp3) is 0.375. The van der Waals surface area contributed by atoms with Crippen LogP contribution in [0.25, 0.3) is 11.1 Å². The van der Waals surface area contributed by atoms with Gasteiger partial charge in [-0.1, -0.05) is 24.3 Å². The monoisotopic (exact) mass is 437 g/mol. The number of rotatable bonds is 6. The molecule has 2 aromatic rings. The number of aliphatic hydroxyl groups is 1. The predicted molar refractivity (Wildman–Crippen MR) is 118 cm³/mol. The summed E-state index contributed by atoms with van der Waals surface area (Å²) in [6, 6.07) is 14.8. The smallest absolute Gasteiger partial charge is 0.257 e. The van der Waals surface area contributed by atoms with Crippen molar-refractivity contribution in [2.75, 3.05) is 39.8 Å². The second-order valence-corrected chi connectivity index (χ2v) is 8.18. The van der Waals surface area contributed by atoms with Gasteiger partial charge >= 0.3 is 0 Å². The lowest BCUT2D eigenvalue weighted by atomic mass is 10.0. The van der Waals surface area contributed by atoms with Crippen LogP contribution in [0.1, 0.15) is 23.2 Å². The highest BCUT2D eigenvalue weighted by molar-refractivity contribution is 5.95. The fourth-order valence-electron chi connectivity index (χ4n) is 3.71. The molecule has 1 saturated heterocycles. The number of nitrogens with zero attached hydrogens (tertiary/aromatic N) is 2. The van der Waals surface area contributed by atoms with Gasteiger partial charge in [-0.25, -0.2) is 0 Å². The quantitative estimate of drug-likeness (QED) is 0.710. The molecule has 0 atom stereocenters. The van der Waals surface area contributed by atoms with Crippen molar-refractivity contribution in [3.63, 3.8) is 0 Å². The van der Waals surface area contributed by atoms with Gasteiger partial charge in [0.1, 0.15) is 11.4 Å². The van der Waals surface area contributed by atoms with Crippen LogP contribution in [0.5, 0.6) is 5.75 Å². The van der Waals surface area contributed by atoms with Crippen LogP contribution in [0.15, 0.2) is 48.5 Å². The summed E-state index contributed by atoms with van der Waals surface area (Å²) in [5.74, 6) is 0.105. The summed E-state index contributed by atoms with van der Waals surface area (Å²) in [6.07, 6.45) is 1.06. The molecule has 0 unspecified atom stereocenters. The molecule has 0 bridgehead atoms. The fourth-order valence-corrected chi connectivity index (χ4v) is 3.71. The number of carbonyl (C=O) groups excluding carboxylic acids is 3. The van der Waals surface area contributed by atoms with E-state index in [9.17, 15) is 19.5 Å². The minimum atomic E-state index is -1.16. The van der Waals surface area contributed by atoms with Crippen LogP contribution < -0.4 is 10.1 Å². The van der Waals surface area contributed by atoms with Crippen molar-refractivity contribution in [2.24, 2.45) is 0 Å². The average molecular weight is 437 g/mol. The van der Waals surface area contributed by atoms with Crippen molar-refractivity contribution in [1.29, 1.82) is 0 Å². The number of piperazine rings is 1. The molecule has 32 heavy (non-hydrogen) atoms. The van der Waals surface area contributed by atoms with E-state index in [2.05, 4.69) is 5.32 Å². The SMILES string of the molecule is CNC(=O)COc1cccc(-c2ccc(C(=O)N3CCN(C(=O)C4(O)CC4)CC3)cc2)c1. The summed E-state index contributed by atoms with van der Waals surface area (Å²) in [6.45, 7) is 1.73. The first-order valence-corrected chi connectivity index (χ1v) is 10.7. The number of hydrogen-bond acceptors (Lipinski definition) is 5. The van der Waals surface area contributed by atoms with Crippen LogP contribution in [0, 0.1) is 0 Å². The van der Waals surface area contributed by atoms with Gasteiger partial charge in [-0.2, -0.15) is 0 Å². The van der Waals surface area contributed by atoms with Crippen molar-refractivity contribution < 1.29 is 24.2 Å². The maximum atomic E-state index is 12.9. The summed E-state index contributed by atoms with van der Waals surface area (Å²) >= 11 is 0. The van der Waals surface area contributed by atoms with Gasteiger partial charge in [-0.05, 0) is 48.2 Å². The molecule has 8 nitrogen and oxygen atoms in total. The Balaban J connectivity index is 1.36. The number of likely N-dealkylation sites (N-methyl/N-ethyl adjacent to an activating group) is 1. The number of ether oxygens (including phenoxy) is 1. The Morgan fingerprint density at radius 1 is 0.969 bits per heavy atom. The van der Waals surface area contributed by atoms with E-state index in [0.717, 1.165) is 11.1 Å². The molecule has 8 heteroatoms. The van der Waals surface area contributed by atoms with E-state index < -0.39 is 5.60 Å². The van der Waals surface area contributed by atoms with Crippen molar-refractivity contribution in [2.45, 2.75) is 18.4 Å². The van der Waals surface area contributed by atoms with E-state index in [1.165, 1.54) is 0 Å². The van der Waals surface area contributed by atoms with Crippen LogP contribution in [-0.4, -0.2) is 78.1 Å². The third kappa shape index (κ3) is 4.75. The van der Waals surface area contributed by atoms with Crippen molar-refractivity contribution in [3.8, 4) is 16.9 Å². The van der Waals surface area contributed by atoms with Gasteiger partial charge in [-0.3, -0.25) is 14.4 Å². The lowest BCUT2D eigenvalue weighted by Crippen LogP contribution is -2.53. The van der Waals surface area contributed by atoms with Crippen LogP contribution in [0.3, 0.4) is 0 Å². The third-order valence-corrected chi connectivity index (χ3v) is 5.92. The Kier molecular flexibility index (Phi) is 6.14. The molecule has 0 radical (unpaired) electrons. The van der Waals surface area contributed by atoms with Crippen molar-refractivity contribution in [3.05, 3.63) is 54.1 Å². The first kappa shape index (κ1) is 21.8. The van der Waals surface area contributed by atoms with E-state index in [4.69, 9.17) is 4.74 Å². The Hall–Kier alpha value is -3.39. The molecule has 2 aliphatic rings. The Labute approximate surface area is 186 Å². The topological polar surface area (TPSA) is 99.2 Å². The highest BCUT2D eigenvalue weighted by Crippen LogP contribution is 2.37. The molecular formula is C24H27N3O5. The zero-order chi connectivity index (χ0) is 22.7. The first-order valence-electron chi connectivity index (χ1n) is 10.7. The standard InChI is InChI=1S/C24H27N3O5/c1-25-21(28)16-32-20-4-2-3-19(15-20)17-5-7-18(8-6-17)22(29)26-11-13-27(14-12-26)23(30)24(31)9-10-24/h2-8,15,31H,9-14,16H2,1H3,(H,25,28). The number of benzene rings is 2. The van der Waals surface area contributed by atoms with E-state index in [1.807, 2.05) is 30.3 Å². The molecule has 168 valence electrons. The van der Waals surface area contributed by atoms with Crippen LogP contribution >= 0.6 is 0 Å². The van der Waals surface area contributed by atoms with Crippen LogP contribution in [-0.2, 0) is 9.59 Å². The molecule has 4 rings (SSSR count). The van der Waals surface area contributed by atoms with Crippen LogP contribution in [0.2, 0.25) is 0 Å². The van der Waals surface area contributed by atoms with E-state index in [-0.39, 0.29) is 24.3 Å². The Morgan fingerprint density at radius 2 is 1.62 bits per heavy atom. The lowest BCUT2D eigenvalue weighted by molar-refractivity contribution is -0.143. The van der Waals surface area contributed by atoms with E-state index in [1.54, 1.807) is 35.0 Å². The van der Waals surface area contributed by atoms with Gasteiger partial charge in [0.15, 0.2) is 6.61 Å². The summed E-state index contributed by atoms with van der Waals surface area (Å²) in [4.78, 5) is 39.9. The molecule has 0 spiro atoms. The lowest BCUT2D eigenvalue weighted by Gasteiger charge is -2.35. The second kappa shape index (κ2) is 9.00. The molecule has 3 amide bonds. The van der Waals surface area contributed by atoms with Gasteiger partial charge < -0.3 is 25.0 Å². The highest BCUT2D eigenvalue weighted by Gasteiger charge is 2.50. The molecule has 1 saturated carbocycles. The van der Waals surface area contributed by atoms with Gasteiger partial charge in [0.25, 0.3) is 17.7 Å². The molecule has 2 aromatic carbocycles. The first-order chi connectivity index (χ1) is 15.4. The Bertz CT molecular complexity index is 1010. The summed E-state index contributed by atoms with van der Waals surface area (Å²) in [5.41, 5.74) is 1.28. The predicted octanol–water partition coefficient (Wildman–Crippen LogP) is 1.29.